The molecule has 1 amide bonds. The van der Waals surface area contributed by atoms with Crippen molar-refractivity contribution in [3.63, 3.8) is 0 Å². The van der Waals surface area contributed by atoms with Crippen LogP contribution in [0.1, 0.15) is 30.9 Å². The average Bonchev–Trinajstić information content (AvgIpc) is 2.72. The van der Waals surface area contributed by atoms with Gasteiger partial charge < -0.3 is 15.5 Å². The van der Waals surface area contributed by atoms with E-state index in [0.717, 1.165) is 37.3 Å². The summed E-state index contributed by atoms with van der Waals surface area (Å²) in [6.45, 7) is 5.92. The Kier molecular flexibility index (Phi) is 5.59. The number of hydrogen-bond donors (Lipinski definition) is 2. The SMILES string of the molecule is CCCNCc1ccc(N2CCNC(=O)CC2)c(C#N)c1. The molecule has 1 fully saturated rings. The fourth-order valence-corrected chi connectivity index (χ4v) is 2.48. The molecule has 2 N–H and O–H groups in total. The maximum atomic E-state index is 11.4. The van der Waals surface area contributed by atoms with Crippen LogP contribution in [-0.4, -0.2) is 32.1 Å². The maximum Gasteiger partial charge on any atom is 0.221 e. The van der Waals surface area contributed by atoms with Gasteiger partial charge in [0.25, 0.3) is 0 Å². The standard InChI is InChI=1S/C16H22N4O/c1-2-6-18-12-13-3-4-15(14(10-13)11-17)20-8-5-16(21)19-7-9-20/h3-4,10,18H,2,5-9,12H2,1H3,(H,19,21). The molecule has 0 aromatic heterocycles. The molecule has 1 aromatic carbocycles. The maximum absolute atomic E-state index is 11.4. The van der Waals surface area contributed by atoms with Crippen LogP contribution in [-0.2, 0) is 11.3 Å². The van der Waals surface area contributed by atoms with Gasteiger partial charge in [0.1, 0.15) is 6.07 Å². The zero-order valence-electron chi connectivity index (χ0n) is 12.5. The smallest absolute Gasteiger partial charge is 0.221 e. The van der Waals surface area contributed by atoms with Gasteiger partial charge in [-0.15, -0.1) is 0 Å². The first-order valence-corrected chi connectivity index (χ1v) is 7.50. The van der Waals surface area contributed by atoms with Gasteiger partial charge in [0.15, 0.2) is 0 Å². The number of carbonyl (C=O) groups excluding carboxylic acids is 1. The second-order valence-corrected chi connectivity index (χ2v) is 5.23. The zero-order valence-corrected chi connectivity index (χ0v) is 12.5. The number of amides is 1. The van der Waals surface area contributed by atoms with E-state index >= 15 is 0 Å². The van der Waals surface area contributed by atoms with Gasteiger partial charge in [0.2, 0.25) is 5.91 Å². The predicted octanol–water partition coefficient (Wildman–Crippen LogP) is 1.38. The normalized spacial score (nSPS) is 15.2. The van der Waals surface area contributed by atoms with Gasteiger partial charge in [-0.3, -0.25) is 4.79 Å². The lowest BCUT2D eigenvalue weighted by molar-refractivity contribution is -0.120. The summed E-state index contributed by atoms with van der Waals surface area (Å²) in [5.74, 6) is 0.0800. The van der Waals surface area contributed by atoms with Crippen LogP contribution in [0.2, 0.25) is 0 Å². The number of anilines is 1. The summed E-state index contributed by atoms with van der Waals surface area (Å²) in [4.78, 5) is 13.5. The van der Waals surface area contributed by atoms with Crippen molar-refractivity contribution in [2.24, 2.45) is 0 Å². The first-order valence-electron chi connectivity index (χ1n) is 7.50. The van der Waals surface area contributed by atoms with E-state index in [0.29, 0.717) is 25.1 Å². The van der Waals surface area contributed by atoms with Crippen LogP contribution in [0, 0.1) is 11.3 Å². The van der Waals surface area contributed by atoms with E-state index in [9.17, 15) is 10.1 Å². The van der Waals surface area contributed by atoms with Crippen LogP contribution >= 0.6 is 0 Å². The van der Waals surface area contributed by atoms with E-state index in [1.54, 1.807) is 0 Å². The summed E-state index contributed by atoms with van der Waals surface area (Å²) in [6, 6.07) is 8.27. The number of nitrogens with zero attached hydrogens (tertiary/aromatic N) is 2. The number of hydrogen-bond acceptors (Lipinski definition) is 4. The van der Waals surface area contributed by atoms with Gasteiger partial charge in [-0.05, 0) is 30.7 Å². The van der Waals surface area contributed by atoms with E-state index in [4.69, 9.17) is 0 Å². The summed E-state index contributed by atoms with van der Waals surface area (Å²) < 4.78 is 0. The van der Waals surface area contributed by atoms with Crippen LogP contribution in [0.3, 0.4) is 0 Å². The molecule has 0 aliphatic carbocycles. The molecular weight excluding hydrogens is 264 g/mol. The Morgan fingerprint density at radius 3 is 3.05 bits per heavy atom. The summed E-state index contributed by atoms with van der Waals surface area (Å²) in [5, 5.41) is 15.6. The molecule has 5 nitrogen and oxygen atoms in total. The third-order valence-electron chi connectivity index (χ3n) is 3.59. The number of nitrogens with one attached hydrogen (secondary N) is 2. The van der Waals surface area contributed by atoms with Crippen molar-refractivity contribution in [3.8, 4) is 6.07 Å². The molecule has 0 saturated carbocycles. The van der Waals surface area contributed by atoms with Crippen molar-refractivity contribution >= 4 is 11.6 Å². The number of carbonyl (C=O) groups is 1. The molecule has 1 aliphatic heterocycles. The number of nitriles is 1. The third kappa shape index (κ3) is 4.20. The highest BCUT2D eigenvalue weighted by Gasteiger charge is 2.16. The summed E-state index contributed by atoms with van der Waals surface area (Å²) in [5.41, 5.74) is 2.72. The molecular formula is C16H22N4O. The summed E-state index contributed by atoms with van der Waals surface area (Å²) in [6.07, 6.45) is 1.57. The average molecular weight is 286 g/mol. The molecule has 0 spiro atoms. The molecule has 1 aliphatic rings. The lowest BCUT2D eigenvalue weighted by Gasteiger charge is -2.23. The molecule has 112 valence electrons. The molecule has 0 atom stereocenters. The van der Waals surface area contributed by atoms with Gasteiger partial charge >= 0.3 is 0 Å². The molecule has 1 heterocycles. The first-order chi connectivity index (χ1) is 10.2. The fraction of sp³-hybridized carbons (Fsp3) is 0.500. The lowest BCUT2D eigenvalue weighted by Crippen LogP contribution is -2.29. The van der Waals surface area contributed by atoms with Crippen molar-refractivity contribution < 1.29 is 4.79 Å². The number of benzene rings is 1. The third-order valence-corrected chi connectivity index (χ3v) is 3.59. The molecule has 1 aromatic rings. The topological polar surface area (TPSA) is 68.2 Å². The van der Waals surface area contributed by atoms with E-state index < -0.39 is 0 Å². The van der Waals surface area contributed by atoms with E-state index in [-0.39, 0.29) is 5.91 Å². The predicted molar refractivity (Wildman–Crippen MR) is 83.0 cm³/mol. The monoisotopic (exact) mass is 286 g/mol. The molecule has 2 rings (SSSR count). The van der Waals surface area contributed by atoms with Gasteiger partial charge in [0.05, 0.1) is 11.3 Å². The Morgan fingerprint density at radius 2 is 2.29 bits per heavy atom. The first kappa shape index (κ1) is 15.3. The van der Waals surface area contributed by atoms with Gasteiger partial charge in [-0.2, -0.15) is 5.26 Å². The minimum atomic E-state index is 0.0800. The highest BCUT2D eigenvalue weighted by molar-refractivity contribution is 5.77. The van der Waals surface area contributed by atoms with E-state index in [2.05, 4.69) is 34.6 Å². The largest absolute Gasteiger partial charge is 0.368 e. The summed E-state index contributed by atoms with van der Waals surface area (Å²) in [7, 11) is 0. The van der Waals surface area contributed by atoms with Crippen molar-refractivity contribution in [1.82, 2.24) is 10.6 Å². The van der Waals surface area contributed by atoms with E-state index in [1.807, 2.05) is 12.1 Å². The summed E-state index contributed by atoms with van der Waals surface area (Å²) >= 11 is 0. The van der Waals surface area contributed by atoms with Crippen LogP contribution in [0.5, 0.6) is 0 Å². The highest BCUT2D eigenvalue weighted by Crippen LogP contribution is 2.22. The van der Waals surface area contributed by atoms with Crippen LogP contribution < -0.4 is 15.5 Å². The van der Waals surface area contributed by atoms with Gasteiger partial charge in [-0.1, -0.05) is 13.0 Å². The van der Waals surface area contributed by atoms with Crippen molar-refractivity contribution in [2.45, 2.75) is 26.3 Å². The van der Waals surface area contributed by atoms with E-state index in [1.165, 1.54) is 0 Å². The van der Waals surface area contributed by atoms with Gasteiger partial charge in [0, 0.05) is 32.6 Å². The van der Waals surface area contributed by atoms with Crippen molar-refractivity contribution in [2.75, 3.05) is 31.1 Å². The fourth-order valence-electron chi connectivity index (χ4n) is 2.48. The Balaban J connectivity index is 2.12. The lowest BCUT2D eigenvalue weighted by atomic mass is 10.1. The molecule has 1 saturated heterocycles. The van der Waals surface area contributed by atoms with Crippen LogP contribution in [0.4, 0.5) is 5.69 Å². The Bertz CT molecular complexity index is 536. The van der Waals surface area contributed by atoms with Crippen molar-refractivity contribution in [1.29, 1.82) is 5.26 Å². The van der Waals surface area contributed by atoms with Crippen LogP contribution in [0.25, 0.3) is 0 Å². The molecule has 21 heavy (non-hydrogen) atoms. The second kappa shape index (κ2) is 7.65. The Labute approximate surface area is 125 Å². The zero-order chi connectivity index (χ0) is 15.1. The highest BCUT2D eigenvalue weighted by atomic mass is 16.1. The Morgan fingerprint density at radius 1 is 1.43 bits per heavy atom. The second-order valence-electron chi connectivity index (χ2n) is 5.23. The Hall–Kier alpha value is -2.06. The quantitative estimate of drug-likeness (QED) is 0.803. The molecule has 0 bridgehead atoms. The molecule has 0 radical (unpaired) electrons. The van der Waals surface area contributed by atoms with Crippen molar-refractivity contribution in [3.05, 3.63) is 29.3 Å². The minimum absolute atomic E-state index is 0.0800. The van der Waals surface area contributed by atoms with Crippen LogP contribution in [0.15, 0.2) is 18.2 Å². The minimum Gasteiger partial charge on any atom is -0.368 e. The number of rotatable bonds is 5. The van der Waals surface area contributed by atoms with Gasteiger partial charge in [-0.25, -0.2) is 0 Å². The molecule has 5 heteroatoms. The molecule has 0 unspecified atom stereocenters.